The first kappa shape index (κ1) is 12.6. The summed E-state index contributed by atoms with van der Waals surface area (Å²) >= 11 is 0. The van der Waals surface area contributed by atoms with Crippen molar-refractivity contribution in [3.8, 4) is 0 Å². The molecule has 0 atom stereocenters. The maximum absolute atomic E-state index is 11.9. The monoisotopic (exact) mass is 259 g/mol. The van der Waals surface area contributed by atoms with E-state index in [-0.39, 0.29) is 11.8 Å². The van der Waals surface area contributed by atoms with Gasteiger partial charge in [-0.2, -0.15) is 0 Å². The summed E-state index contributed by atoms with van der Waals surface area (Å²) in [6.07, 6.45) is 6.31. The van der Waals surface area contributed by atoms with Crippen LogP contribution in [0, 0.1) is 12.8 Å². The molecule has 0 spiro atoms. The van der Waals surface area contributed by atoms with Crippen LogP contribution in [0.15, 0.2) is 6.20 Å². The zero-order valence-corrected chi connectivity index (χ0v) is 11.5. The van der Waals surface area contributed by atoms with Gasteiger partial charge in [0.25, 0.3) is 0 Å². The van der Waals surface area contributed by atoms with Gasteiger partial charge in [-0.1, -0.05) is 6.42 Å². The summed E-state index contributed by atoms with van der Waals surface area (Å²) in [7, 11) is 0. The van der Waals surface area contributed by atoms with E-state index in [9.17, 15) is 4.79 Å². The third kappa shape index (κ3) is 2.50. The topological polar surface area (TPSA) is 54.0 Å². The second-order valence-corrected chi connectivity index (χ2v) is 5.60. The van der Waals surface area contributed by atoms with E-state index in [4.69, 9.17) is 0 Å². The molecule has 0 aromatic carbocycles. The van der Waals surface area contributed by atoms with Crippen LogP contribution < -0.4 is 10.6 Å². The lowest BCUT2D eigenvalue weighted by atomic mass is 9.84. The number of nitrogens with one attached hydrogen (secondary N) is 2. The molecule has 1 aromatic rings. The smallest absolute Gasteiger partial charge is 0.223 e. The molecule has 2 N–H and O–H groups in total. The summed E-state index contributed by atoms with van der Waals surface area (Å²) in [5.41, 5.74) is 4.95. The predicted molar refractivity (Wildman–Crippen MR) is 73.6 cm³/mol. The van der Waals surface area contributed by atoms with Gasteiger partial charge in [0, 0.05) is 30.9 Å². The highest BCUT2D eigenvalue weighted by molar-refractivity contribution is 5.79. The average Bonchev–Trinajstić information content (AvgIpc) is 2.35. The summed E-state index contributed by atoms with van der Waals surface area (Å²) in [6.45, 7) is 4.58. The molecule has 2 heterocycles. The summed E-state index contributed by atoms with van der Waals surface area (Å²) in [5, 5.41) is 6.45. The first-order valence-corrected chi connectivity index (χ1v) is 7.20. The molecule has 1 aliphatic heterocycles. The molecule has 2 aliphatic rings. The number of pyridine rings is 1. The molecular formula is C15H21N3O. The van der Waals surface area contributed by atoms with E-state index in [1.807, 2.05) is 13.1 Å². The van der Waals surface area contributed by atoms with Gasteiger partial charge in [0.1, 0.15) is 0 Å². The Hall–Kier alpha value is -1.42. The van der Waals surface area contributed by atoms with E-state index >= 15 is 0 Å². The van der Waals surface area contributed by atoms with Crippen LogP contribution in [0.2, 0.25) is 0 Å². The van der Waals surface area contributed by atoms with Crippen LogP contribution >= 0.6 is 0 Å². The Morgan fingerprint density at radius 2 is 2.37 bits per heavy atom. The minimum atomic E-state index is 0.220. The van der Waals surface area contributed by atoms with Gasteiger partial charge >= 0.3 is 0 Å². The number of hydrogen-bond acceptors (Lipinski definition) is 3. The Labute approximate surface area is 114 Å². The average molecular weight is 259 g/mol. The van der Waals surface area contributed by atoms with Crippen molar-refractivity contribution in [1.29, 1.82) is 0 Å². The molecule has 4 nitrogen and oxygen atoms in total. The Morgan fingerprint density at radius 1 is 1.53 bits per heavy atom. The second-order valence-electron chi connectivity index (χ2n) is 5.60. The second kappa shape index (κ2) is 5.29. The highest BCUT2D eigenvalue weighted by atomic mass is 16.1. The number of fused-ring (bicyclic) bond motifs is 1. The molecule has 1 saturated carbocycles. The molecule has 4 heteroatoms. The van der Waals surface area contributed by atoms with Crippen LogP contribution in [0.25, 0.3) is 0 Å². The number of nitrogens with zero attached hydrogens (tertiary/aromatic N) is 1. The quantitative estimate of drug-likeness (QED) is 0.864. The molecule has 1 aliphatic carbocycles. The zero-order chi connectivity index (χ0) is 13.2. The highest BCUT2D eigenvalue weighted by Gasteiger charge is 2.25. The lowest BCUT2D eigenvalue weighted by Gasteiger charge is -2.25. The predicted octanol–water partition coefficient (Wildman–Crippen LogP) is 1.45. The van der Waals surface area contributed by atoms with Crippen molar-refractivity contribution in [2.45, 2.75) is 45.7 Å². The third-order valence-corrected chi connectivity index (χ3v) is 4.39. The largest absolute Gasteiger partial charge is 0.352 e. The van der Waals surface area contributed by atoms with Gasteiger partial charge in [0.15, 0.2) is 0 Å². The van der Waals surface area contributed by atoms with Gasteiger partial charge in [0.2, 0.25) is 5.91 Å². The standard InChI is InChI=1S/C15H21N3O/c1-10-14(9-18-15(19)11-3-2-4-11)13-5-6-16-7-12(13)8-17-10/h8,11,16H,2-7,9H2,1H3,(H,18,19). The lowest BCUT2D eigenvalue weighted by molar-refractivity contribution is -0.127. The molecule has 0 unspecified atom stereocenters. The Kier molecular flexibility index (Phi) is 3.51. The molecule has 0 saturated heterocycles. The summed E-state index contributed by atoms with van der Waals surface area (Å²) in [6, 6.07) is 0. The highest BCUT2D eigenvalue weighted by Crippen LogP contribution is 2.26. The third-order valence-electron chi connectivity index (χ3n) is 4.39. The molecule has 1 amide bonds. The molecule has 0 radical (unpaired) electrons. The van der Waals surface area contributed by atoms with Crippen LogP contribution in [0.4, 0.5) is 0 Å². The minimum absolute atomic E-state index is 0.220. The van der Waals surface area contributed by atoms with Gasteiger partial charge in [-0.25, -0.2) is 0 Å². The number of carbonyl (C=O) groups excluding carboxylic acids is 1. The van der Waals surface area contributed by atoms with Crippen LogP contribution in [0.1, 0.15) is 41.6 Å². The van der Waals surface area contributed by atoms with E-state index in [1.54, 1.807) is 0 Å². The summed E-state index contributed by atoms with van der Waals surface area (Å²) < 4.78 is 0. The molecule has 1 aromatic heterocycles. The zero-order valence-electron chi connectivity index (χ0n) is 11.5. The summed E-state index contributed by atoms with van der Waals surface area (Å²) in [4.78, 5) is 16.4. The van der Waals surface area contributed by atoms with E-state index in [0.29, 0.717) is 6.54 Å². The lowest BCUT2D eigenvalue weighted by Crippen LogP contribution is -2.35. The number of carbonyl (C=O) groups is 1. The first-order chi connectivity index (χ1) is 9.25. The first-order valence-electron chi connectivity index (χ1n) is 7.20. The van der Waals surface area contributed by atoms with E-state index in [0.717, 1.165) is 38.0 Å². The van der Waals surface area contributed by atoms with Crippen molar-refractivity contribution in [1.82, 2.24) is 15.6 Å². The fourth-order valence-electron chi connectivity index (χ4n) is 2.87. The molecule has 1 fully saturated rings. The fraction of sp³-hybridized carbons (Fsp3) is 0.600. The maximum atomic E-state index is 11.9. The van der Waals surface area contributed by atoms with E-state index in [1.165, 1.54) is 23.1 Å². The molecule has 3 rings (SSSR count). The Balaban J connectivity index is 1.74. The Bertz CT molecular complexity index is 494. The molecule has 102 valence electrons. The van der Waals surface area contributed by atoms with Gasteiger partial charge in [-0.05, 0) is 49.4 Å². The molecule has 0 bridgehead atoms. The van der Waals surface area contributed by atoms with Gasteiger partial charge in [-0.3, -0.25) is 9.78 Å². The van der Waals surface area contributed by atoms with Crippen molar-refractivity contribution >= 4 is 5.91 Å². The maximum Gasteiger partial charge on any atom is 0.223 e. The number of hydrogen-bond donors (Lipinski definition) is 2. The SMILES string of the molecule is Cc1ncc2c(c1CNC(=O)C1CCC1)CCNC2. The Morgan fingerprint density at radius 3 is 3.11 bits per heavy atom. The number of aromatic nitrogens is 1. The van der Waals surface area contributed by atoms with Crippen molar-refractivity contribution < 1.29 is 4.79 Å². The van der Waals surface area contributed by atoms with Crippen molar-refractivity contribution in [2.75, 3.05) is 6.54 Å². The van der Waals surface area contributed by atoms with Crippen molar-refractivity contribution in [3.05, 3.63) is 28.6 Å². The van der Waals surface area contributed by atoms with Gasteiger partial charge in [-0.15, -0.1) is 0 Å². The van der Waals surface area contributed by atoms with Crippen LogP contribution in [0.3, 0.4) is 0 Å². The fourth-order valence-corrected chi connectivity index (χ4v) is 2.87. The number of rotatable bonds is 3. The normalized spacial score (nSPS) is 18.6. The van der Waals surface area contributed by atoms with Gasteiger partial charge in [0.05, 0.1) is 0 Å². The molecule has 19 heavy (non-hydrogen) atoms. The van der Waals surface area contributed by atoms with E-state index in [2.05, 4.69) is 15.6 Å². The van der Waals surface area contributed by atoms with E-state index < -0.39 is 0 Å². The van der Waals surface area contributed by atoms with Crippen molar-refractivity contribution in [3.63, 3.8) is 0 Å². The van der Waals surface area contributed by atoms with Crippen LogP contribution in [-0.2, 0) is 24.3 Å². The number of aryl methyl sites for hydroxylation is 1. The van der Waals surface area contributed by atoms with Crippen molar-refractivity contribution in [2.24, 2.45) is 5.92 Å². The van der Waals surface area contributed by atoms with Gasteiger partial charge < -0.3 is 10.6 Å². The van der Waals surface area contributed by atoms with Crippen LogP contribution in [-0.4, -0.2) is 17.4 Å². The summed E-state index contributed by atoms with van der Waals surface area (Å²) in [5.74, 6) is 0.478. The molecular weight excluding hydrogens is 238 g/mol. The van der Waals surface area contributed by atoms with Crippen LogP contribution in [0.5, 0.6) is 0 Å². The number of amides is 1. The minimum Gasteiger partial charge on any atom is -0.352 e.